The van der Waals surface area contributed by atoms with E-state index in [1.807, 2.05) is 0 Å². The van der Waals surface area contributed by atoms with Crippen LogP contribution in [0.5, 0.6) is 11.5 Å². The fourth-order valence-electron chi connectivity index (χ4n) is 10.6. The minimum atomic E-state index is -1.45. The van der Waals surface area contributed by atoms with Gasteiger partial charge in [0.1, 0.15) is 29.6 Å². The van der Waals surface area contributed by atoms with Crippen molar-refractivity contribution in [1.82, 2.24) is 30.2 Å². The number of nitrogens with one attached hydrogen (secondary N) is 2. The number of hydrogen-bond acceptors (Lipinski definition) is 13. The molecule has 20 nitrogen and oxygen atoms in total. The van der Waals surface area contributed by atoms with Gasteiger partial charge in [0.2, 0.25) is 35.4 Å². The van der Waals surface area contributed by atoms with Crippen LogP contribution in [0.3, 0.4) is 0 Å². The smallest absolute Gasteiger partial charge is 0.548 e. The Balaban J connectivity index is -0.00000142. The van der Waals surface area contributed by atoms with Crippen LogP contribution in [0.15, 0.2) is 48.5 Å². The molecule has 27 heteroatoms. The fourth-order valence-corrected chi connectivity index (χ4v) is 10.6. The number of carboxylic acid groups (broad SMARTS) is 2. The van der Waals surface area contributed by atoms with Crippen LogP contribution in [-0.2, 0) is 60.8 Å². The second-order valence-electron chi connectivity index (χ2n) is 20.4. The average molecular weight is 1300 g/mol. The van der Waals surface area contributed by atoms with Crippen molar-refractivity contribution in [3.05, 3.63) is 59.7 Å². The molecule has 6 rings (SSSR count). The van der Waals surface area contributed by atoms with Crippen molar-refractivity contribution in [2.24, 2.45) is 0 Å². The standard InChI is InChI=1S/2C28H39N3O7.K.6H2S/c2*1-2-3-4-9-26(35)30-16-6-8-23(30)27(36)31-17-5-7-22(31)24(33)14-15-25(34)29-21(28(37)38)18-19-10-12-20(32)13-11-19;;;;;;;/h2*10-13,21-23,32H,2-9,14-18H2,1H3,(H,29,34)(H,37,38);;6*1H2/q;;+1;;;;;;/p-1/t2*21-,22-,23-;;;;;;;/m00......./s1. The Hall–Kier alpha value is -3.12. The number of phenols is 2. The summed E-state index contributed by atoms with van der Waals surface area (Å²) in [5.74, 6) is -4.57. The number of carbonyl (C=O) groups is 10. The average Bonchev–Trinajstić information content (AvgIpc) is 4.26. The number of amides is 6. The third-order valence-corrected chi connectivity index (χ3v) is 14.7. The zero-order valence-electron chi connectivity index (χ0n) is 48.1. The van der Waals surface area contributed by atoms with E-state index < -0.39 is 60.0 Å². The van der Waals surface area contributed by atoms with E-state index in [4.69, 9.17) is 0 Å². The zero-order chi connectivity index (χ0) is 55.3. The molecule has 2 aromatic rings. The second kappa shape index (κ2) is 43.5. The second-order valence-corrected chi connectivity index (χ2v) is 20.4. The number of likely N-dealkylation sites (tertiary alicyclic amines) is 4. The molecule has 83 heavy (non-hydrogen) atoms. The maximum Gasteiger partial charge on any atom is 1.00 e. The first-order chi connectivity index (χ1) is 36.4. The van der Waals surface area contributed by atoms with Crippen LogP contribution in [0.25, 0.3) is 0 Å². The molecule has 6 amide bonds. The minimum Gasteiger partial charge on any atom is -0.548 e. The predicted octanol–water partition coefficient (Wildman–Crippen LogP) is 1.18. The van der Waals surface area contributed by atoms with E-state index in [1.54, 1.807) is 43.9 Å². The van der Waals surface area contributed by atoms with Crippen LogP contribution in [0.1, 0.15) is 153 Å². The molecule has 4 aliphatic rings. The number of phenolic OH excluding ortho intramolecular Hbond substituents is 2. The van der Waals surface area contributed by atoms with E-state index in [9.17, 15) is 68.4 Å². The van der Waals surface area contributed by atoms with Gasteiger partial charge in [-0.1, -0.05) is 63.8 Å². The van der Waals surface area contributed by atoms with Gasteiger partial charge in [-0.25, -0.2) is 4.79 Å². The van der Waals surface area contributed by atoms with E-state index in [0.29, 0.717) is 88.7 Å². The van der Waals surface area contributed by atoms with Crippen molar-refractivity contribution in [3.63, 3.8) is 0 Å². The van der Waals surface area contributed by atoms with Gasteiger partial charge in [-0.3, -0.25) is 38.4 Å². The first kappa shape index (κ1) is 84.1. The van der Waals surface area contributed by atoms with Crippen LogP contribution in [0.2, 0.25) is 0 Å². The van der Waals surface area contributed by atoms with Crippen molar-refractivity contribution in [2.75, 3.05) is 26.2 Å². The first-order valence-corrected chi connectivity index (χ1v) is 27.3. The number of benzene rings is 2. The summed E-state index contributed by atoms with van der Waals surface area (Å²) >= 11 is 0. The predicted molar refractivity (Wildman–Crippen MR) is 338 cm³/mol. The molecule has 0 radical (unpaired) electrons. The van der Waals surface area contributed by atoms with Crippen molar-refractivity contribution >= 4 is 140 Å². The van der Waals surface area contributed by atoms with Gasteiger partial charge in [0, 0.05) is 71.1 Å². The summed E-state index contributed by atoms with van der Waals surface area (Å²) in [5, 5.41) is 44.7. The molecule has 4 heterocycles. The molecule has 2 aromatic carbocycles. The topological polar surface area (TPSA) is 291 Å². The van der Waals surface area contributed by atoms with E-state index >= 15 is 0 Å². The SMILES string of the molecule is CCCCCC(=O)N1CCC[C@H]1C(=O)N1CCC[C@H]1C(=O)CCC(=O)N[C@@H](Cc1ccc(O)cc1)C(=O)O.CCCCCC(=O)N1CCC[C@H]1C(=O)N1CCC[C@H]1C(=O)CCC(=O)N[C@@H](Cc1ccc(O)cc1)C(=O)[O-].S.S.S.S.S.S.[K+]. The van der Waals surface area contributed by atoms with Crippen molar-refractivity contribution in [3.8, 4) is 11.5 Å². The summed E-state index contributed by atoms with van der Waals surface area (Å²) in [7, 11) is 0. The zero-order valence-corrected chi connectivity index (χ0v) is 57.2. The van der Waals surface area contributed by atoms with Gasteiger partial charge in [0.05, 0.1) is 24.1 Å². The monoisotopic (exact) mass is 1300 g/mol. The normalized spacial score (nSPS) is 18.1. The van der Waals surface area contributed by atoms with Crippen molar-refractivity contribution in [1.29, 1.82) is 0 Å². The Labute approximate surface area is 573 Å². The van der Waals surface area contributed by atoms with Crippen LogP contribution in [0, 0.1) is 0 Å². The molecule has 4 saturated heterocycles. The third kappa shape index (κ3) is 26.4. The Bertz CT molecular complexity index is 2220. The van der Waals surface area contributed by atoms with E-state index in [1.165, 1.54) is 24.3 Å². The molecule has 0 unspecified atom stereocenters. The number of ketones is 2. The van der Waals surface area contributed by atoms with Gasteiger partial charge in [-0.05, 0) is 106 Å². The quantitative estimate of drug-likeness (QED) is 0.0654. The molecule has 0 saturated carbocycles. The summed E-state index contributed by atoms with van der Waals surface area (Å²) in [6, 6.07) is 7.20. The summed E-state index contributed by atoms with van der Waals surface area (Å²) in [4.78, 5) is 133. The van der Waals surface area contributed by atoms with E-state index in [0.717, 1.165) is 51.4 Å². The molecule has 0 spiro atoms. The van der Waals surface area contributed by atoms with E-state index in [-0.39, 0.29) is 218 Å². The molecule has 4 aliphatic heterocycles. The molecule has 0 bridgehead atoms. The summed E-state index contributed by atoms with van der Waals surface area (Å²) in [5.41, 5.74) is 1.23. The van der Waals surface area contributed by atoms with Gasteiger partial charge in [-0.15, -0.1) is 0 Å². The molecular weight excluding hydrogens is 1210 g/mol. The number of rotatable bonds is 26. The van der Waals surface area contributed by atoms with E-state index in [2.05, 4.69) is 24.5 Å². The largest absolute Gasteiger partial charge is 1.00 e. The van der Waals surface area contributed by atoms with Gasteiger partial charge in [0.15, 0.2) is 11.6 Å². The number of carbonyl (C=O) groups excluding carboxylic acids is 9. The maximum atomic E-state index is 13.4. The van der Waals surface area contributed by atoms with Crippen LogP contribution in [-0.4, -0.2) is 156 Å². The van der Waals surface area contributed by atoms with Crippen LogP contribution in [0.4, 0.5) is 0 Å². The molecular formula is C56H89KN6O14S6. The van der Waals surface area contributed by atoms with Gasteiger partial charge in [0.25, 0.3) is 0 Å². The Morgan fingerprint density at radius 3 is 1.14 bits per heavy atom. The van der Waals surface area contributed by atoms with Gasteiger partial charge >= 0.3 is 57.4 Å². The maximum absolute atomic E-state index is 13.4. The van der Waals surface area contributed by atoms with Gasteiger partial charge < -0.3 is 55.5 Å². The Morgan fingerprint density at radius 1 is 0.482 bits per heavy atom. The van der Waals surface area contributed by atoms with Crippen molar-refractivity contribution in [2.45, 2.75) is 191 Å². The number of carboxylic acids is 2. The summed E-state index contributed by atoms with van der Waals surface area (Å²) in [6.07, 6.45) is 10.9. The Morgan fingerprint density at radius 2 is 0.807 bits per heavy atom. The number of aromatic hydroxyl groups is 2. The molecule has 6 atom stereocenters. The minimum absolute atomic E-state index is 0. The third-order valence-electron chi connectivity index (χ3n) is 14.7. The molecule has 464 valence electrons. The summed E-state index contributed by atoms with van der Waals surface area (Å²) < 4.78 is 0. The fraction of sp³-hybridized carbons (Fsp3) is 0.607. The molecule has 0 aromatic heterocycles. The summed E-state index contributed by atoms with van der Waals surface area (Å²) in [6.45, 7) is 6.14. The molecule has 0 aliphatic carbocycles. The van der Waals surface area contributed by atoms with Crippen LogP contribution < -0.4 is 67.1 Å². The number of hydrogen-bond donors (Lipinski definition) is 5. The van der Waals surface area contributed by atoms with Crippen LogP contribution >= 0.6 is 81.0 Å². The van der Waals surface area contributed by atoms with Crippen molar-refractivity contribution < 1.29 is 120 Å². The number of nitrogens with zero attached hydrogens (tertiary/aromatic N) is 4. The molecule has 5 N–H and O–H groups in total. The molecule has 4 fully saturated rings. The first-order valence-electron chi connectivity index (χ1n) is 27.3. The number of Topliss-reactive ketones (excluding diaryl/α,β-unsaturated/α-hetero) is 2. The number of aliphatic carboxylic acids is 2. The number of unbranched alkanes of at least 4 members (excludes halogenated alkanes) is 4. The Kier molecular flexibility index (Phi) is 44.1. The van der Waals surface area contributed by atoms with Gasteiger partial charge in [-0.2, -0.15) is 81.0 Å².